The summed E-state index contributed by atoms with van der Waals surface area (Å²) in [6.45, 7) is -0.192. The maximum atomic E-state index is 15.0. The average molecular weight is 775 g/mol. The summed E-state index contributed by atoms with van der Waals surface area (Å²) in [4.78, 5) is 87.9. The standard InChI is InChI=1S/C45H54N6O6/c1-48(41(53)26-25-36(52)31-46)38(28-33-19-11-6-12-20-33)43(55)50(3)40(30-35-23-15-8-16-24-35)45(57)51(4)39(29-34-21-13-7-14-22-34)44(56)49(2)37(42(47)54)27-32-17-9-5-10-18-32/h5-24,37-40H,25-31,46H2,1-4H3,(H2,47,54)/t37-,38-,39-,40-/m0/s1. The van der Waals surface area contributed by atoms with Crippen LogP contribution in [-0.4, -0.2) is 114 Å². The molecule has 0 saturated heterocycles. The number of rotatable bonds is 20. The monoisotopic (exact) mass is 774 g/mol. The number of hydrogen-bond acceptors (Lipinski definition) is 7. The van der Waals surface area contributed by atoms with Crippen molar-refractivity contribution in [1.82, 2.24) is 19.6 Å². The van der Waals surface area contributed by atoms with Crippen LogP contribution in [0.2, 0.25) is 0 Å². The third-order valence-corrected chi connectivity index (χ3v) is 10.4. The smallest absolute Gasteiger partial charge is 0.246 e. The minimum atomic E-state index is -1.11. The summed E-state index contributed by atoms with van der Waals surface area (Å²) in [5.74, 6) is -2.90. The maximum absolute atomic E-state index is 15.0. The van der Waals surface area contributed by atoms with Crippen LogP contribution in [0.5, 0.6) is 0 Å². The predicted octanol–water partition coefficient (Wildman–Crippen LogP) is 3.06. The van der Waals surface area contributed by atoms with E-state index in [4.69, 9.17) is 11.5 Å². The number of ketones is 1. The zero-order chi connectivity index (χ0) is 41.5. The number of nitrogens with zero attached hydrogens (tertiary/aromatic N) is 4. The number of Topliss-reactive ketones (excluding diaryl/α,β-unsaturated/α-hetero) is 1. The van der Waals surface area contributed by atoms with Crippen LogP contribution in [0.1, 0.15) is 35.1 Å². The number of amides is 5. The van der Waals surface area contributed by atoms with Crippen LogP contribution in [0.3, 0.4) is 0 Å². The van der Waals surface area contributed by atoms with Gasteiger partial charge in [0.25, 0.3) is 0 Å². The summed E-state index contributed by atoms with van der Waals surface area (Å²) < 4.78 is 0. The van der Waals surface area contributed by atoms with Gasteiger partial charge in [0.2, 0.25) is 29.5 Å². The SMILES string of the molecule is CN(C(=O)CCC(=O)CN)[C@@H](Cc1ccccc1)C(=O)N(C)[C@@H](Cc1ccccc1)C(=O)N(C)[C@@H](Cc1ccccc1)C(=O)N(C)[C@@H](Cc1ccccc1)C(N)=O. The van der Waals surface area contributed by atoms with Crippen LogP contribution in [-0.2, 0) is 54.5 Å². The topological polar surface area (TPSA) is 167 Å². The van der Waals surface area contributed by atoms with Gasteiger partial charge in [0.05, 0.1) is 6.54 Å². The molecule has 4 aromatic carbocycles. The molecule has 0 spiro atoms. The van der Waals surface area contributed by atoms with E-state index in [-0.39, 0.29) is 50.9 Å². The first-order valence-electron chi connectivity index (χ1n) is 19.0. The molecule has 4 N–H and O–H groups in total. The first-order chi connectivity index (χ1) is 27.3. The van der Waals surface area contributed by atoms with Crippen molar-refractivity contribution >= 4 is 35.3 Å². The molecule has 0 heterocycles. The lowest BCUT2D eigenvalue weighted by Crippen LogP contribution is -2.60. The molecular weight excluding hydrogens is 721 g/mol. The van der Waals surface area contributed by atoms with Crippen molar-refractivity contribution in [2.75, 3.05) is 34.7 Å². The molecule has 5 amide bonds. The third kappa shape index (κ3) is 12.2. The van der Waals surface area contributed by atoms with Gasteiger partial charge in [0.15, 0.2) is 0 Å². The van der Waals surface area contributed by atoms with Gasteiger partial charge in [-0.15, -0.1) is 0 Å². The van der Waals surface area contributed by atoms with E-state index in [9.17, 15) is 28.8 Å². The summed E-state index contributed by atoms with van der Waals surface area (Å²) in [6.07, 6.45) is 0.361. The van der Waals surface area contributed by atoms with Crippen LogP contribution >= 0.6 is 0 Å². The van der Waals surface area contributed by atoms with E-state index in [0.29, 0.717) is 0 Å². The molecule has 300 valence electrons. The summed E-state index contributed by atoms with van der Waals surface area (Å²) in [5, 5.41) is 0. The molecule has 0 bridgehead atoms. The largest absolute Gasteiger partial charge is 0.368 e. The van der Waals surface area contributed by atoms with Crippen molar-refractivity contribution in [3.63, 3.8) is 0 Å². The second-order valence-corrected chi connectivity index (χ2v) is 14.3. The molecule has 0 aromatic heterocycles. The predicted molar refractivity (Wildman–Crippen MR) is 219 cm³/mol. The molecule has 4 rings (SSSR count). The van der Waals surface area contributed by atoms with Gasteiger partial charge in [-0.2, -0.15) is 0 Å². The number of likely N-dealkylation sites (N-methyl/N-ethyl adjacent to an activating group) is 4. The highest BCUT2D eigenvalue weighted by molar-refractivity contribution is 5.96. The van der Waals surface area contributed by atoms with Crippen molar-refractivity contribution in [3.05, 3.63) is 144 Å². The molecule has 0 unspecified atom stereocenters. The van der Waals surface area contributed by atoms with Gasteiger partial charge in [-0.05, 0) is 22.3 Å². The number of carbonyl (C=O) groups is 6. The zero-order valence-corrected chi connectivity index (χ0v) is 33.2. The van der Waals surface area contributed by atoms with Crippen molar-refractivity contribution in [2.24, 2.45) is 11.5 Å². The van der Waals surface area contributed by atoms with E-state index in [1.807, 2.05) is 121 Å². The Bertz CT molecular complexity index is 1950. The van der Waals surface area contributed by atoms with E-state index in [2.05, 4.69) is 0 Å². The molecule has 0 fully saturated rings. The van der Waals surface area contributed by atoms with Crippen LogP contribution < -0.4 is 11.5 Å². The molecule has 12 heteroatoms. The minimum Gasteiger partial charge on any atom is -0.368 e. The summed E-state index contributed by atoms with van der Waals surface area (Å²) in [6, 6.07) is 32.7. The Morgan fingerprint density at radius 1 is 0.439 bits per heavy atom. The van der Waals surface area contributed by atoms with Crippen LogP contribution in [0.4, 0.5) is 0 Å². The molecule has 0 radical (unpaired) electrons. The van der Waals surface area contributed by atoms with Crippen LogP contribution in [0, 0.1) is 0 Å². The summed E-state index contributed by atoms with van der Waals surface area (Å²) in [5.41, 5.74) is 14.5. The number of benzene rings is 4. The Morgan fingerprint density at radius 3 is 1.02 bits per heavy atom. The average Bonchev–Trinajstić information content (AvgIpc) is 3.24. The third-order valence-electron chi connectivity index (χ3n) is 10.4. The molecule has 4 atom stereocenters. The lowest BCUT2D eigenvalue weighted by molar-refractivity contribution is -0.153. The van der Waals surface area contributed by atoms with Crippen molar-refractivity contribution in [3.8, 4) is 0 Å². The Balaban J connectivity index is 1.72. The molecular formula is C45H54N6O6. The second kappa shape index (κ2) is 21.2. The second-order valence-electron chi connectivity index (χ2n) is 14.3. The fourth-order valence-corrected chi connectivity index (χ4v) is 6.81. The Labute approximate surface area is 335 Å². The summed E-state index contributed by atoms with van der Waals surface area (Å²) in [7, 11) is 6.08. The summed E-state index contributed by atoms with van der Waals surface area (Å²) >= 11 is 0. The highest BCUT2D eigenvalue weighted by atomic mass is 16.2. The van der Waals surface area contributed by atoms with E-state index >= 15 is 0 Å². The van der Waals surface area contributed by atoms with Crippen molar-refractivity contribution < 1.29 is 28.8 Å². The van der Waals surface area contributed by atoms with Crippen molar-refractivity contribution in [2.45, 2.75) is 62.7 Å². The minimum absolute atomic E-state index is 0.0606. The van der Waals surface area contributed by atoms with E-state index in [0.717, 1.165) is 22.3 Å². The molecule has 0 aliphatic rings. The van der Waals surface area contributed by atoms with Gasteiger partial charge in [-0.3, -0.25) is 28.8 Å². The molecule has 4 aromatic rings. The van der Waals surface area contributed by atoms with Crippen LogP contribution in [0.15, 0.2) is 121 Å². The molecule has 57 heavy (non-hydrogen) atoms. The van der Waals surface area contributed by atoms with E-state index in [1.165, 1.54) is 47.8 Å². The highest BCUT2D eigenvalue weighted by Gasteiger charge is 2.40. The zero-order valence-electron chi connectivity index (χ0n) is 33.2. The molecule has 12 nitrogen and oxygen atoms in total. The highest BCUT2D eigenvalue weighted by Crippen LogP contribution is 2.21. The van der Waals surface area contributed by atoms with Gasteiger partial charge in [0, 0.05) is 66.7 Å². The van der Waals surface area contributed by atoms with Crippen molar-refractivity contribution in [1.29, 1.82) is 0 Å². The molecule has 0 saturated carbocycles. The van der Waals surface area contributed by atoms with Gasteiger partial charge in [-0.1, -0.05) is 121 Å². The fourth-order valence-electron chi connectivity index (χ4n) is 6.81. The lowest BCUT2D eigenvalue weighted by Gasteiger charge is -2.39. The first-order valence-corrected chi connectivity index (χ1v) is 19.0. The first kappa shape index (κ1) is 43.6. The van der Waals surface area contributed by atoms with Gasteiger partial charge < -0.3 is 31.1 Å². The fraction of sp³-hybridized carbons (Fsp3) is 0.333. The van der Waals surface area contributed by atoms with Gasteiger partial charge in [0.1, 0.15) is 30.0 Å². The van der Waals surface area contributed by atoms with E-state index < -0.39 is 53.7 Å². The van der Waals surface area contributed by atoms with Crippen LogP contribution in [0.25, 0.3) is 0 Å². The maximum Gasteiger partial charge on any atom is 0.246 e. The normalized spacial score (nSPS) is 13.0. The number of hydrogen-bond donors (Lipinski definition) is 2. The number of nitrogens with two attached hydrogens (primary N) is 2. The quantitative estimate of drug-likeness (QED) is 0.139. The Kier molecular flexibility index (Phi) is 16.2. The Hall–Kier alpha value is -6.14. The molecule has 0 aliphatic carbocycles. The van der Waals surface area contributed by atoms with E-state index in [1.54, 1.807) is 0 Å². The molecule has 0 aliphatic heterocycles. The van der Waals surface area contributed by atoms with Gasteiger partial charge >= 0.3 is 0 Å². The lowest BCUT2D eigenvalue weighted by atomic mass is 9.97. The number of primary amides is 1. The number of carbonyl (C=O) groups excluding carboxylic acids is 6. The van der Waals surface area contributed by atoms with Gasteiger partial charge in [-0.25, -0.2) is 0 Å². The Morgan fingerprint density at radius 2 is 0.719 bits per heavy atom.